The zero-order valence-electron chi connectivity index (χ0n) is 16.7. The number of benzene rings is 1. The van der Waals surface area contributed by atoms with Gasteiger partial charge in [0, 0.05) is 23.7 Å². The summed E-state index contributed by atoms with van der Waals surface area (Å²) in [5.74, 6) is -1.80. The van der Waals surface area contributed by atoms with Crippen LogP contribution in [-0.2, 0) is 20.5 Å². The molecule has 2 unspecified atom stereocenters. The molecule has 0 spiro atoms. The Morgan fingerprint density at radius 2 is 1.77 bits per heavy atom. The van der Waals surface area contributed by atoms with Crippen LogP contribution in [0.1, 0.15) is 62.5 Å². The van der Waals surface area contributed by atoms with Crippen molar-refractivity contribution in [2.75, 3.05) is 0 Å². The van der Waals surface area contributed by atoms with Crippen molar-refractivity contribution < 1.29 is 27.5 Å². The Labute approximate surface area is 173 Å². The van der Waals surface area contributed by atoms with Crippen LogP contribution in [-0.4, -0.2) is 17.9 Å². The Morgan fingerprint density at radius 1 is 1.10 bits per heavy atom. The van der Waals surface area contributed by atoms with E-state index in [0.29, 0.717) is 35.4 Å². The van der Waals surface area contributed by atoms with Crippen LogP contribution in [0.15, 0.2) is 47.3 Å². The number of ether oxygens (including phenoxy) is 1. The normalized spacial score (nSPS) is 24.9. The maximum absolute atomic E-state index is 13.1. The van der Waals surface area contributed by atoms with Crippen molar-refractivity contribution in [3.8, 4) is 0 Å². The second-order valence-electron chi connectivity index (χ2n) is 8.22. The number of hydrogen-bond donors (Lipinski definition) is 1. The first-order valence-electron chi connectivity index (χ1n) is 10.3. The molecule has 1 aromatic rings. The van der Waals surface area contributed by atoms with Crippen LogP contribution in [0.25, 0.3) is 0 Å². The number of carbonyl (C=O) groups is 2. The molecule has 0 amide bonds. The number of halogens is 3. The third-order valence-corrected chi connectivity index (χ3v) is 6.21. The first-order valence-corrected chi connectivity index (χ1v) is 10.3. The van der Waals surface area contributed by atoms with Crippen molar-refractivity contribution in [1.82, 2.24) is 5.32 Å². The van der Waals surface area contributed by atoms with Crippen molar-refractivity contribution in [3.05, 3.63) is 58.4 Å². The third-order valence-electron chi connectivity index (χ3n) is 6.21. The molecule has 0 saturated heterocycles. The van der Waals surface area contributed by atoms with Gasteiger partial charge in [0.05, 0.1) is 17.1 Å². The van der Waals surface area contributed by atoms with Crippen LogP contribution in [0.3, 0.4) is 0 Å². The number of fused-ring (bicyclic) bond motifs is 1. The number of rotatable bonds is 3. The molecule has 2 aliphatic carbocycles. The molecule has 3 aliphatic rings. The van der Waals surface area contributed by atoms with Gasteiger partial charge >= 0.3 is 12.1 Å². The molecule has 2 atom stereocenters. The summed E-state index contributed by atoms with van der Waals surface area (Å²) in [7, 11) is 0. The summed E-state index contributed by atoms with van der Waals surface area (Å²) in [4.78, 5) is 25.9. The smallest absolute Gasteiger partial charge is 0.416 e. The molecule has 0 aromatic heterocycles. The Kier molecular flexibility index (Phi) is 5.47. The lowest BCUT2D eigenvalue weighted by Crippen LogP contribution is -2.41. The SMILES string of the molecule is CC1=C(C(=O)OC2CCCC2)C(c2ccc(C(F)(F)F)cc2)C2C(=O)CCC=C2N1. The molecule has 1 fully saturated rings. The molecule has 1 saturated carbocycles. The molecule has 1 heterocycles. The summed E-state index contributed by atoms with van der Waals surface area (Å²) in [6.07, 6.45) is 1.91. The average molecular weight is 419 g/mol. The minimum atomic E-state index is -4.45. The quantitative estimate of drug-likeness (QED) is 0.700. The van der Waals surface area contributed by atoms with Crippen molar-refractivity contribution in [3.63, 3.8) is 0 Å². The van der Waals surface area contributed by atoms with Gasteiger partial charge in [-0.05, 0) is 56.7 Å². The summed E-state index contributed by atoms with van der Waals surface area (Å²) in [5.41, 5.74) is 1.38. The third kappa shape index (κ3) is 3.89. The zero-order valence-corrected chi connectivity index (χ0v) is 16.7. The topological polar surface area (TPSA) is 55.4 Å². The van der Waals surface area contributed by atoms with E-state index in [0.717, 1.165) is 37.8 Å². The standard InChI is InChI=1S/C23H24F3NO3/c1-13-19(22(29)30-16-5-2-3-6-16)20(21-17(27-13)7-4-8-18(21)28)14-9-11-15(12-10-14)23(24,25)26/h7,9-12,16,20-21,27H,2-6,8H2,1H3. The summed E-state index contributed by atoms with van der Waals surface area (Å²) >= 11 is 0. The fourth-order valence-corrected chi connectivity index (χ4v) is 4.74. The number of carbonyl (C=O) groups excluding carboxylic acids is 2. The highest BCUT2D eigenvalue weighted by molar-refractivity contribution is 5.96. The van der Waals surface area contributed by atoms with Gasteiger partial charge in [-0.2, -0.15) is 13.2 Å². The monoisotopic (exact) mass is 419 g/mol. The van der Waals surface area contributed by atoms with Gasteiger partial charge in [0.15, 0.2) is 0 Å². The van der Waals surface area contributed by atoms with Gasteiger partial charge in [-0.25, -0.2) is 4.79 Å². The summed E-state index contributed by atoms with van der Waals surface area (Å²) in [6.45, 7) is 1.75. The van der Waals surface area contributed by atoms with E-state index in [1.807, 2.05) is 6.08 Å². The van der Waals surface area contributed by atoms with Crippen molar-refractivity contribution in [2.45, 2.75) is 63.6 Å². The van der Waals surface area contributed by atoms with Crippen LogP contribution in [0.4, 0.5) is 13.2 Å². The number of alkyl halides is 3. The summed E-state index contributed by atoms with van der Waals surface area (Å²) < 4.78 is 44.8. The van der Waals surface area contributed by atoms with E-state index < -0.39 is 29.5 Å². The number of Topliss-reactive ketones (excluding diaryl/α,β-unsaturated/α-hetero) is 1. The highest BCUT2D eigenvalue weighted by atomic mass is 19.4. The summed E-state index contributed by atoms with van der Waals surface area (Å²) in [6, 6.07) is 4.75. The molecule has 7 heteroatoms. The first kappa shape index (κ1) is 20.7. The van der Waals surface area contributed by atoms with E-state index in [4.69, 9.17) is 4.74 Å². The van der Waals surface area contributed by atoms with E-state index in [-0.39, 0.29) is 11.9 Å². The number of nitrogens with one attached hydrogen (secondary N) is 1. The lowest BCUT2D eigenvalue weighted by molar-refractivity contribution is -0.144. The van der Waals surface area contributed by atoms with E-state index in [1.165, 1.54) is 12.1 Å². The van der Waals surface area contributed by atoms with Gasteiger partial charge in [-0.15, -0.1) is 0 Å². The molecular formula is C23H24F3NO3. The van der Waals surface area contributed by atoms with Gasteiger partial charge in [0.1, 0.15) is 11.9 Å². The Hall–Kier alpha value is -2.57. The molecule has 1 aromatic carbocycles. The fraction of sp³-hybridized carbons (Fsp3) is 0.478. The molecule has 1 N–H and O–H groups in total. The predicted molar refractivity (Wildman–Crippen MR) is 104 cm³/mol. The molecule has 0 bridgehead atoms. The van der Waals surface area contributed by atoms with Crippen LogP contribution in [0, 0.1) is 5.92 Å². The number of esters is 1. The maximum Gasteiger partial charge on any atom is 0.416 e. The molecule has 30 heavy (non-hydrogen) atoms. The zero-order chi connectivity index (χ0) is 21.5. The molecular weight excluding hydrogens is 395 g/mol. The van der Waals surface area contributed by atoms with Crippen molar-refractivity contribution in [2.24, 2.45) is 5.92 Å². The van der Waals surface area contributed by atoms with Crippen LogP contribution in [0.2, 0.25) is 0 Å². The number of hydrogen-bond acceptors (Lipinski definition) is 4. The van der Waals surface area contributed by atoms with E-state index >= 15 is 0 Å². The predicted octanol–water partition coefficient (Wildman–Crippen LogP) is 5.02. The summed E-state index contributed by atoms with van der Waals surface area (Å²) in [5, 5.41) is 3.18. The average Bonchev–Trinajstić information content (AvgIpc) is 3.19. The number of ketones is 1. The first-order chi connectivity index (χ1) is 14.3. The number of allylic oxidation sites excluding steroid dienone is 3. The van der Waals surface area contributed by atoms with E-state index in [1.54, 1.807) is 6.92 Å². The molecule has 1 aliphatic heterocycles. The Morgan fingerprint density at radius 3 is 2.40 bits per heavy atom. The van der Waals surface area contributed by atoms with Gasteiger partial charge in [0.25, 0.3) is 0 Å². The van der Waals surface area contributed by atoms with E-state index in [9.17, 15) is 22.8 Å². The van der Waals surface area contributed by atoms with Gasteiger partial charge in [0.2, 0.25) is 0 Å². The van der Waals surface area contributed by atoms with E-state index in [2.05, 4.69) is 5.32 Å². The van der Waals surface area contributed by atoms with Crippen molar-refractivity contribution in [1.29, 1.82) is 0 Å². The van der Waals surface area contributed by atoms with Crippen LogP contribution < -0.4 is 5.32 Å². The maximum atomic E-state index is 13.1. The second kappa shape index (κ2) is 7.93. The highest BCUT2D eigenvalue weighted by Crippen LogP contribution is 2.44. The highest BCUT2D eigenvalue weighted by Gasteiger charge is 2.44. The van der Waals surface area contributed by atoms with Gasteiger partial charge in [-0.1, -0.05) is 18.2 Å². The molecule has 4 rings (SSSR count). The molecule has 0 radical (unpaired) electrons. The lowest BCUT2D eigenvalue weighted by Gasteiger charge is -2.38. The lowest BCUT2D eigenvalue weighted by atomic mass is 9.71. The van der Waals surface area contributed by atoms with Gasteiger partial charge in [-0.3, -0.25) is 4.79 Å². The van der Waals surface area contributed by atoms with Crippen LogP contribution >= 0.6 is 0 Å². The fourth-order valence-electron chi connectivity index (χ4n) is 4.74. The van der Waals surface area contributed by atoms with Crippen LogP contribution in [0.5, 0.6) is 0 Å². The van der Waals surface area contributed by atoms with Gasteiger partial charge < -0.3 is 10.1 Å². The minimum Gasteiger partial charge on any atom is -0.459 e. The Bertz CT molecular complexity index is 909. The second-order valence-corrected chi connectivity index (χ2v) is 8.22. The molecule has 160 valence electrons. The molecule has 4 nitrogen and oxygen atoms in total. The minimum absolute atomic E-state index is 0.0245. The largest absolute Gasteiger partial charge is 0.459 e. The van der Waals surface area contributed by atoms with Crippen molar-refractivity contribution >= 4 is 11.8 Å². The Balaban J connectivity index is 1.75.